The molecular weight excluding hydrogens is 352 g/mol. The van der Waals surface area contributed by atoms with Crippen LogP contribution in [0, 0.1) is 0 Å². The number of rotatable bonds is 9. The number of carbonyl (C=O) groups is 1. The third-order valence-electron chi connectivity index (χ3n) is 5.08. The molecule has 1 heterocycles. The molecule has 0 unspecified atom stereocenters. The Morgan fingerprint density at radius 3 is 2.50 bits per heavy atom. The Morgan fingerprint density at radius 1 is 1.07 bits per heavy atom. The summed E-state index contributed by atoms with van der Waals surface area (Å²) in [7, 11) is 0. The molecule has 2 N–H and O–H groups in total. The van der Waals surface area contributed by atoms with E-state index in [1.54, 1.807) is 0 Å². The number of morpholine rings is 1. The summed E-state index contributed by atoms with van der Waals surface area (Å²) in [4.78, 5) is 14.0. The van der Waals surface area contributed by atoms with Gasteiger partial charge in [-0.05, 0) is 36.2 Å². The standard InChI is InChI=1S/C23H30N2O3/c1-2-3-14-28-22-10-8-19(9-11-22)23(26)24-17-20-6-4-5-7-21(20)18-25-12-15-27-16-13-25/h4-11H,2-3,12-18H2,1H3,(H,24,26)/p+1. The summed E-state index contributed by atoms with van der Waals surface area (Å²) in [6, 6.07) is 15.7. The summed E-state index contributed by atoms with van der Waals surface area (Å²) in [5, 5.41) is 3.05. The van der Waals surface area contributed by atoms with Crippen LogP contribution < -0.4 is 15.0 Å². The molecule has 5 heteroatoms. The van der Waals surface area contributed by atoms with Gasteiger partial charge in [0.25, 0.3) is 5.91 Å². The Balaban J connectivity index is 1.54. The number of hydrogen-bond donors (Lipinski definition) is 2. The molecule has 0 atom stereocenters. The summed E-state index contributed by atoms with van der Waals surface area (Å²) in [5.41, 5.74) is 3.12. The number of amides is 1. The maximum atomic E-state index is 12.5. The zero-order valence-electron chi connectivity index (χ0n) is 16.7. The molecule has 1 aliphatic heterocycles. The quantitative estimate of drug-likeness (QED) is 0.653. The van der Waals surface area contributed by atoms with E-state index < -0.39 is 0 Å². The van der Waals surface area contributed by atoms with Crippen molar-refractivity contribution in [3.8, 4) is 5.75 Å². The van der Waals surface area contributed by atoms with Gasteiger partial charge in [0.15, 0.2) is 0 Å². The molecule has 0 aliphatic carbocycles. The highest BCUT2D eigenvalue weighted by Crippen LogP contribution is 2.13. The number of nitrogens with one attached hydrogen (secondary N) is 2. The van der Waals surface area contributed by atoms with E-state index >= 15 is 0 Å². The van der Waals surface area contributed by atoms with Gasteiger partial charge in [0.05, 0.1) is 19.8 Å². The van der Waals surface area contributed by atoms with Crippen LogP contribution in [0.15, 0.2) is 48.5 Å². The Kier molecular flexibility index (Phi) is 7.88. The van der Waals surface area contributed by atoms with E-state index in [0.717, 1.165) is 51.4 Å². The van der Waals surface area contributed by atoms with Crippen molar-refractivity contribution in [1.29, 1.82) is 0 Å². The minimum Gasteiger partial charge on any atom is -0.494 e. The van der Waals surface area contributed by atoms with Crippen LogP contribution in [0.4, 0.5) is 0 Å². The van der Waals surface area contributed by atoms with Gasteiger partial charge >= 0.3 is 0 Å². The van der Waals surface area contributed by atoms with Crippen molar-refractivity contribution in [2.24, 2.45) is 0 Å². The molecular formula is C23H31N2O3+. The van der Waals surface area contributed by atoms with E-state index in [4.69, 9.17) is 9.47 Å². The minimum atomic E-state index is -0.0615. The van der Waals surface area contributed by atoms with Crippen LogP contribution in [0.3, 0.4) is 0 Å². The van der Waals surface area contributed by atoms with Gasteiger partial charge in [-0.25, -0.2) is 0 Å². The number of benzene rings is 2. The first-order valence-corrected chi connectivity index (χ1v) is 10.3. The lowest BCUT2D eigenvalue weighted by Gasteiger charge is -2.24. The second-order valence-corrected chi connectivity index (χ2v) is 7.22. The second-order valence-electron chi connectivity index (χ2n) is 7.22. The Hall–Kier alpha value is -2.37. The monoisotopic (exact) mass is 383 g/mol. The molecule has 3 rings (SSSR count). The molecule has 1 amide bonds. The van der Waals surface area contributed by atoms with Crippen molar-refractivity contribution in [2.75, 3.05) is 32.9 Å². The SMILES string of the molecule is CCCCOc1ccc(C(=O)NCc2ccccc2C[NH+]2CCOCC2)cc1. The zero-order valence-corrected chi connectivity index (χ0v) is 16.7. The van der Waals surface area contributed by atoms with Gasteiger partial charge < -0.3 is 19.7 Å². The van der Waals surface area contributed by atoms with Crippen LogP contribution in [0.2, 0.25) is 0 Å². The molecule has 0 radical (unpaired) electrons. The fourth-order valence-corrected chi connectivity index (χ4v) is 3.32. The highest BCUT2D eigenvalue weighted by Gasteiger charge is 2.16. The molecule has 150 valence electrons. The summed E-state index contributed by atoms with van der Waals surface area (Å²) >= 11 is 0. The third kappa shape index (κ3) is 6.08. The van der Waals surface area contributed by atoms with Gasteiger partial charge in [-0.2, -0.15) is 0 Å². The molecule has 5 nitrogen and oxygen atoms in total. The Labute approximate surface area is 167 Å². The van der Waals surface area contributed by atoms with Crippen molar-refractivity contribution in [1.82, 2.24) is 5.32 Å². The lowest BCUT2D eigenvalue weighted by molar-refractivity contribution is -0.921. The van der Waals surface area contributed by atoms with E-state index in [-0.39, 0.29) is 5.91 Å². The molecule has 1 saturated heterocycles. The molecule has 0 saturated carbocycles. The maximum absolute atomic E-state index is 12.5. The minimum absolute atomic E-state index is 0.0615. The lowest BCUT2D eigenvalue weighted by Crippen LogP contribution is -3.12. The molecule has 0 bridgehead atoms. The largest absolute Gasteiger partial charge is 0.494 e. The first-order valence-electron chi connectivity index (χ1n) is 10.3. The van der Waals surface area contributed by atoms with Gasteiger partial charge in [-0.15, -0.1) is 0 Å². The Morgan fingerprint density at radius 2 is 1.79 bits per heavy atom. The fourth-order valence-electron chi connectivity index (χ4n) is 3.32. The van der Waals surface area contributed by atoms with Crippen molar-refractivity contribution < 1.29 is 19.2 Å². The van der Waals surface area contributed by atoms with Crippen LogP contribution >= 0.6 is 0 Å². The number of unbranched alkanes of at least 4 members (excludes halogenated alkanes) is 1. The number of quaternary nitrogens is 1. The molecule has 28 heavy (non-hydrogen) atoms. The van der Waals surface area contributed by atoms with Crippen LogP contribution in [0.25, 0.3) is 0 Å². The van der Waals surface area contributed by atoms with Gasteiger partial charge in [0.1, 0.15) is 25.4 Å². The van der Waals surface area contributed by atoms with E-state index in [1.165, 1.54) is 16.0 Å². The number of carbonyl (C=O) groups excluding carboxylic acids is 1. The van der Waals surface area contributed by atoms with Crippen LogP contribution in [-0.4, -0.2) is 38.8 Å². The normalized spacial score (nSPS) is 14.6. The summed E-state index contributed by atoms with van der Waals surface area (Å²) in [5.74, 6) is 0.748. The molecule has 1 fully saturated rings. The maximum Gasteiger partial charge on any atom is 0.251 e. The zero-order chi connectivity index (χ0) is 19.6. The van der Waals surface area contributed by atoms with Crippen LogP contribution in [0.1, 0.15) is 41.3 Å². The molecule has 1 aliphatic rings. The fraction of sp³-hybridized carbons (Fsp3) is 0.435. The molecule has 0 aromatic heterocycles. The lowest BCUT2D eigenvalue weighted by atomic mass is 10.1. The summed E-state index contributed by atoms with van der Waals surface area (Å²) in [6.45, 7) is 8.08. The third-order valence-corrected chi connectivity index (χ3v) is 5.08. The smallest absolute Gasteiger partial charge is 0.251 e. The average Bonchev–Trinajstić information content (AvgIpc) is 2.74. The van der Waals surface area contributed by atoms with E-state index in [2.05, 4.69) is 30.4 Å². The van der Waals surface area contributed by atoms with E-state index in [9.17, 15) is 4.79 Å². The van der Waals surface area contributed by atoms with E-state index in [0.29, 0.717) is 18.7 Å². The summed E-state index contributed by atoms with van der Waals surface area (Å²) < 4.78 is 11.1. The summed E-state index contributed by atoms with van der Waals surface area (Å²) in [6.07, 6.45) is 2.14. The highest BCUT2D eigenvalue weighted by atomic mass is 16.5. The Bertz CT molecular complexity index is 740. The van der Waals surface area contributed by atoms with Gasteiger partial charge in [-0.3, -0.25) is 4.79 Å². The first-order chi connectivity index (χ1) is 13.8. The van der Waals surface area contributed by atoms with Crippen LogP contribution in [-0.2, 0) is 17.8 Å². The van der Waals surface area contributed by atoms with Crippen molar-refractivity contribution >= 4 is 5.91 Å². The van der Waals surface area contributed by atoms with Crippen molar-refractivity contribution in [3.05, 3.63) is 65.2 Å². The first kappa shape index (κ1) is 20.4. The molecule has 2 aromatic rings. The van der Waals surface area contributed by atoms with Crippen molar-refractivity contribution in [2.45, 2.75) is 32.9 Å². The van der Waals surface area contributed by atoms with Gasteiger partial charge in [0, 0.05) is 17.7 Å². The van der Waals surface area contributed by atoms with E-state index in [1.807, 2.05) is 30.3 Å². The number of hydrogen-bond acceptors (Lipinski definition) is 3. The number of ether oxygens (including phenoxy) is 2. The average molecular weight is 384 g/mol. The van der Waals surface area contributed by atoms with Gasteiger partial charge in [0.2, 0.25) is 0 Å². The van der Waals surface area contributed by atoms with Gasteiger partial charge in [-0.1, -0.05) is 37.6 Å². The van der Waals surface area contributed by atoms with Crippen molar-refractivity contribution in [3.63, 3.8) is 0 Å². The topological polar surface area (TPSA) is 52.0 Å². The predicted octanol–water partition coefficient (Wildman–Crippen LogP) is 2.21. The second kappa shape index (κ2) is 10.8. The van der Waals surface area contributed by atoms with Crippen LogP contribution in [0.5, 0.6) is 5.75 Å². The molecule has 0 spiro atoms. The molecule has 2 aromatic carbocycles. The predicted molar refractivity (Wildman–Crippen MR) is 110 cm³/mol. The highest BCUT2D eigenvalue weighted by molar-refractivity contribution is 5.94.